The highest BCUT2D eigenvalue weighted by atomic mass is 79.9. The van der Waals surface area contributed by atoms with Crippen LogP contribution in [0, 0.1) is 0 Å². The number of hydrogen-bond acceptors (Lipinski definition) is 0. The van der Waals surface area contributed by atoms with Crippen molar-refractivity contribution in [2.45, 2.75) is 31.5 Å². The average Bonchev–Trinajstić information content (AvgIpc) is 1.61. The van der Waals surface area contributed by atoms with E-state index in [1.54, 1.807) is 0 Å². The van der Waals surface area contributed by atoms with Crippen LogP contribution < -0.4 is 0 Å². The van der Waals surface area contributed by atoms with Gasteiger partial charge < -0.3 is 0 Å². The van der Waals surface area contributed by atoms with Crippen LogP contribution in [0.3, 0.4) is 0 Å². The number of hydrogen-bond donors (Lipinski definition) is 0. The van der Waals surface area contributed by atoms with Crippen molar-refractivity contribution < 1.29 is 0 Å². The Morgan fingerprint density at radius 2 is 1.86 bits per heavy atom. The molecule has 0 heterocycles. The van der Waals surface area contributed by atoms with E-state index in [1.165, 1.54) is 40.8 Å². The lowest BCUT2D eigenvalue weighted by molar-refractivity contribution is 0.771. The van der Waals surface area contributed by atoms with E-state index < -0.39 is 0 Å². The van der Waals surface area contributed by atoms with Crippen molar-refractivity contribution in [2.24, 2.45) is 0 Å². The highest BCUT2D eigenvalue weighted by Gasteiger charge is 1.76. The first-order valence-corrected chi connectivity index (χ1v) is 4.33. The molecule has 0 spiro atoms. The summed E-state index contributed by atoms with van der Waals surface area (Å²) in [4.78, 5) is 0. The third-order valence-electron chi connectivity index (χ3n) is 0.957. The molecule has 0 saturated heterocycles. The zero-order valence-electron chi connectivity index (χ0n) is 5.24. The monoisotopic (exact) mass is 180 g/mol. The van der Waals surface area contributed by atoms with Crippen molar-refractivity contribution in [1.29, 1.82) is 0 Å². The largest absolute Gasteiger partial charge is 0.211 e. The summed E-state index contributed by atoms with van der Waals surface area (Å²) in [7, 11) is 0. The smallest absolute Gasteiger partial charge is 0.114 e. The third-order valence-corrected chi connectivity index (χ3v) is 1.66. The van der Waals surface area contributed by atoms with Crippen molar-refractivity contribution in [3.63, 3.8) is 0 Å². The molecule has 0 aromatic carbocycles. The molecule has 0 fully saturated rings. The Kier molecular flexibility index (Phi) is 15.7. The van der Waals surface area contributed by atoms with Crippen LogP contribution in [0.2, 0.25) is 5.28 Å². The topological polar surface area (TPSA) is 0 Å². The second-order valence-electron chi connectivity index (χ2n) is 1.71. The van der Waals surface area contributed by atoms with Gasteiger partial charge >= 0.3 is 0 Å². The standard InChI is InChI=1S/C5H11.Al.BrH.2H/c1-3-5-4-2;;;;/h1,3-5H2,2H3;;1H;;. The second kappa shape index (κ2) is 10.1. The lowest BCUT2D eigenvalue weighted by Crippen LogP contribution is -1.69. The molecule has 0 rings (SSSR count). The molecule has 0 bridgehead atoms. The van der Waals surface area contributed by atoms with E-state index in [4.69, 9.17) is 0 Å². The highest BCUT2D eigenvalue weighted by molar-refractivity contribution is 8.93. The molecule has 0 amide bonds. The van der Waals surface area contributed by atoms with Crippen molar-refractivity contribution in [1.82, 2.24) is 0 Å². The summed E-state index contributed by atoms with van der Waals surface area (Å²) in [6.45, 7) is 2.25. The van der Waals surface area contributed by atoms with Gasteiger partial charge in [-0.15, -0.1) is 22.3 Å². The van der Waals surface area contributed by atoms with Crippen molar-refractivity contribution in [2.75, 3.05) is 0 Å². The fraction of sp³-hybridized carbons (Fsp3) is 1.00. The minimum Gasteiger partial charge on any atom is -0.114 e. The molecule has 44 valence electrons. The molecule has 0 aromatic heterocycles. The van der Waals surface area contributed by atoms with Gasteiger partial charge in [-0.25, -0.2) is 0 Å². The lowest BCUT2D eigenvalue weighted by atomic mass is 10.3. The van der Waals surface area contributed by atoms with Gasteiger partial charge in [-0.05, 0) is 0 Å². The minimum absolute atomic E-state index is 0. The van der Waals surface area contributed by atoms with E-state index in [9.17, 15) is 0 Å². The van der Waals surface area contributed by atoms with Gasteiger partial charge in [-0.3, -0.25) is 0 Å². The Labute approximate surface area is 64.9 Å². The maximum atomic E-state index is 2.25. The third kappa shape index (κ3) is 10.9. The minimum atomic E-state index is 0. The van der Waals surface area contributed by atoms with Crippen LogP contribution in [0.25, 0.3) is 0 Å². The Balaban J connectivity index is 0. The molecule has 0 aromatic rings. The van der Waals surface area contributed by atoms with Gasteiger partial charge in [0.05, 0.1) is 0 Å². The Bertz CT molecular complexity index is 20.0. The van der Waals surface area contributed by atoms with Crippen LogP contribution >= 0.6 is 17.0 Å². The van der Waals surface area contributed by atoms with Crippen LogP contribution in [0.1, 0.15) is 26.2 Å². The summed E-state index contributed by atoms with van der Waals surface area (Å²) >= 11 is 1.40. The first kappa shape index (κ1) is 10.9. The van der Waals surface area contributed by atoms with Crippen LogP contribution in [-0.2, 0) is 0 Å². The lowest BCUT2D eigenvalue weighted by Gasteiger charge is -1.86. The first-order chi connectivity index (χ1) is 2.91. The molecule has 0 saturated carbocycles. The van der Waals surface area contributed by atoms with Crippen LogP contribution in [0.5, 0.6) is 0 Å². The van der Waals surface area contributed by atoms with Gasteiger partial charge in [0.1, 0.15) is 0 Å². The molecule has 0 nitrogen and oxygen atoms in total. The van der Waals surface area contributed by atoms with Gasteiger partial charge in [-0.1, -0.05) is 26.2 Å². The Morgan fingerprint density at radius 3 is 2.00 bits per heavy atom. The molecular weight excluding hydrogens is 167 g/mol. The molecule has 0 radical (unpaired) electrons. The molecule has 7 heavy (non-hydrogen) atoms. The summed E-state index contributed by atoms with van der Waals surface area (Å²) in [5, 5.41) is 1.49. The maximum Gasteiger partial charge on any atom is 0.211 e. The fourth-order valence-electron chi connectivity index (χ4n) is 0.500. The zero-order valence-corrected chi connectivity index (χ0v) is 8.95. The molecule has 2 heteroatoms. The van der Waals surface area contributed by atoms with E-state index in [2.05, 4.69) is 6.92 Å². The SMILES string of the molecule is Br.CCCC[CH2][AlH2]. The number of unbranched alkanes of at least 4 members (excludes halogenated alkanes) is 2. The van der Waals surface area contributed by atoms with E-state index in [-0.39, 0.29) is 17.0 Å². The molecule has 0 aliphatic heterocycles. The second-order valence-corrected chi connectivity index (χ2v) is 2.71. The van der Waals surface area contributed by atoms with E-state index in [0.29, 0.717) is 0 Å². The fourth-order valence-corrected chi connectivity index (χ4v) is 1.000. The van der Waals surface area contributed by atoms with Gasteiger partial charge in [0.15, 0.2) is 0 Å². The van der Waals surface area contributed by atoms with Gasteiger partial charge in [0, 0.05) is 0 Å². The average molecular weight is 181 g/mol. The van der Waals surface area contributed by atoms with E-state index in [1.807, 2.05) is 0 Å². The number of halogens is 1. The summed E-state index contributed by atoms with van der Waals surface area (Å²) in [5.41, 5.74) is 0. The Morgan fingerprint density at radius 1 is 1.29 bits per heavy atom. The molecule has 0 atom stereocenters. The summed E-state index contributed by atoms with van der Waals surface area (Å²) in [5.74, 6) is 0. The normalized spacial score (nSPS) is 7.57. The molecule has 0 aliphatic carbocycles. The van der Waals surface area contributed by atoms with Crippen molar-refractivity contribution in [3.05, 3.63) is 0 Å². The van der Waals surface area contributed by atoms with E-state index in [0.717, 1.165) is 0 Å². The van der Waals surface area contributed by atoms with Gasteiger partial charge in [0.25, 0.3) is 0 Å². The zero-order chi connectivity index (χ0) is 4.83. The Hall–Kier alpha value is 1.01. The highest BCUT2D eigenvalue weighted by Crippen LogP contribution is 1.94. The quantitative estimate of drug-likeness (QED) is 0.460. The summed E-state index contributed by atoms with van der Waals surface area (Å²) in [6, 6.07) is 0. The molecular formula is C5H14AlBr. The molecule has 0 aliphatic rings. The van der Waals surface area contributed by atoms with Crippen molar-refractivity contribution >= 4 is 33.3 Å². The van der Waals surface area contributed by atoms with Gasteiger partial charge in [-0.2, -0.15) is 0 Å². The first-order valence-electron chi connectivity index (χ1n) is 2.91. The predicted molar refractivity (Wildman–Crippen MR) is 43.2 cm³/mol. The van der Waals surface area contributed by atoms with Crippen LogP contribution in [0.15, 0.2) is 0 Å². The van der Waals surface area contributed by atoms with Crippen LogP contribution in [0.4, 0.5) is 0 Å². The molecule has 0 unspecified atom stereocenters. The predicted octanol–water partition coefficient (Wildman–Crippen LogP) is 1.81. The number of rotatable bonds is 3. The van der Waals surface area contributed by atoms with Gasteiger partial charge in [0.2, 0.25) is 16.3 Å². The summed E-state index contributed by atoms with van der Waals surface area (Å²) in [6.07, 6.45) is 4.30. The van der Waals surface area contributed by atoms with E-state index >= 15 is 0 Å². The van der Waals surface area contributed by atoms with Crippen molar-refractivity contribution in [3.8, 4) is 0 Å². The molecule has 0 N–H and O–H groups in total. The maximum absolute atomic E-state index is 2.25. The summed E-state index contributed by atoms with van der Waals surface area (Å²) < 4.78 is 0. The van der Waals surface area contributed by atoms with Crippen LogP contribution in [-0.4, -0.2) is 16.3 Å².